The van der Waals surface area contributed by atoms with Crippen molar-refractivity contribution in [3.8, 4) is 0 Å². The van der Waals surface area contributed by atoms with Crippen LogP contribution in [0.4, 0.5) is 0 Å². The summed E-state index contributed by atoms with van der Waals surface area (Å²) in [4.78, 5) is 9.99. The SMILES string of the molecule is CCCCCCCCCCCCCCCCCCOP(=O)(O)OCC[N+]1(C)C(C)CCCC1C. The predicted octanol–water partition coefficient (Wildman–Crippen LogP) is 8.79. The number of quaternary nitrogens is 1. The summed E-state index contributed by atoms with van der Waals surface area (Å²) in [7, 11) is -1.68. The highest BCUT2D eigenvalue weighted by Gasteiger charge is 2.38. The van der Waals surface area contributed by atoms with Gasteiger partial charge in [0, 0.05) is 0 Å². The number of rotatable bonds is 22. The number of phosphoric acid groups is 1. The quantitative estimate of drug-likeness (QED) is 0.0909. The molecule has 0 bridgehead atoms. The van der Waals surface area contributed by atoms with Crippen LogP contribution in [0.25, 0.3) is 0 Å². The normalized spacial score (nSPS) is 24.9. The average Bonchev–Trinajstić information content (AvgIpc) is 2.79. The number of unbranched alkanes of at least 4 members (excludes halogenated alkanes) is 15. The molecule has 1 rings (SSSR count). The summed E-state index contributed by atoms with van der Waals surface area (Å²) >= 11 is 0. The molecule has 204 valence electrons. The van der Waals surface area contributed by atoms with Crippen LogP contribution in [0.3, 0.4) is 0 Å². The molecular formula is C28H59NO4P+. The van der Waals surface area contributed by atoms with E-state index in [0.29, 0.717) is 18.7 Å². The molecule has 1 aliphatic heterocycles. The summed E-state index contributed by atoms with van der Waals surface area (Å²) in [5.74, 6) is 0. The first kappa shape index (κ1) is 32.1. The molecule has 0 aromatic carbocycles. The van der Waals surface area contributed by atoms with Gasteiger partial charge in [0.25, 0.3) is 0 Å². The van der Waals surface area contributed by atoms with E-state index in [1.165, 1.54) is 109 Å². The van der Waals surface area contributed by atoms with Crippen LogP contribution in [0.5, 0.6) is 0 Å². The third kappa shape index (κ3) is 14.6. The van der Waals surface area contributed by atoms with E-state index < -0.39 is 7.82 Å². The predicted molar refractivity (Wildman–Crippen MR) is 145 cm³/mol. The van der Waals surface area contributed by atoms with Crippen molar-refractivity contribution < 1.29 is 23.0 Å². The lowest BCUT2D eigenvalue weighted by Gasteiger charge is -2.48. The Kier molecular flexibility index (Phi) is 18.1. The third-order valence-corrected chi connectivity index (χ3v) is 9.36. The maximum Gasteiger partial charge on any atom is 0.472 e. The molecule has 1 saturated heterocycles. The third-order valence-electron chi connectivity index (χ3n) is 8.34. The first-order valence-electron chi connectivity index (χ1n) is 14.8. The Morgan fingerprint density at radius 1 is 0.706 bits per heavy atom. The van der Waals surface area contributed by atoms with Crippen molar-refractivity contribution in [2.75, 3.05) is 26.8 Å². The molecule has 6 heteroatoms. The fourth-order valence-corrected chi connectivity index (χ4v) is 6.14. The first-order valence-corrected chi connectivity index (χ1v) is 16.3. The number of phosphoric ester groups is 1. The Hall–Kier alpha value is 0.0700. The van der Waals surface area contributed by atoms with Crippen LogP contribution < -0.4 is 0 Å². The van der Waals surface area contributed by atoms with Gasteiger partial charge >= 0.3 is 7.82 Å². The number of likely N-dealkylation sites (tertiary alicyclic amines) is 1. The minimum absolute atomic E-state index is 0.276. The van der Waals surface area contributed by atoms with Crippen LogP contribution >= 0.6 is 7.82 Å². The van der Waals surface area contributed by atoms with Crippen molar-refractivity contribution in [3.63, 3.8) is 0 Å². The largest absolute Gasteiger partial charge is 0.472 e. The highest BCUT2D eigenvalue weighted by molar-refractivity contribution is 7.47. The molecule has 1 fully saturated rings. The van der Waals surface area contributed by atoms with Gasteiger partial charge < -0.3 is 9.38 Å². The molecule has 3 atom stereocenters. The van der Waals surface area contributed by atoms with Gasteiger partial charge in [0.15, 0.2) is 0 Å². The van der Waals surface area contributed by atoms with Gasteiger partial charge in [-0.05, 0) is 39.5 Å². The molecule has 0 radical (unpaired) electrons. The van der Waals surface area contributed by atoms with E-state index in [9.17, 15) is 9.46 Å². The highest BCUT2D eigenvalue weighted by atomic mass is 31.2. The zero-order chi connectivity index (χ0) is 25.1. The van der Waals surface area contributed by atoms with Crippen LogP contribution in [0, 0.1) is 0 Å². The van der Waals surface area contributed by atoms with Gasteiger partial charge in [0.2, 0.25) is 0 Å². The molecule has 1 aliphatic rings. The maximum absolute atomic E-state index is 12.2. The van der Waals surface area contributed by atoms with E-state index in [2.05, 4.69) is 27.8 Å². The Morgan fingerprint density at radius 3 is 1.53 bits per heavy atom. The van der Waals surface area contributed by atoms with E-state index in [1.807, 2.05) is 0 Å². The lowest BCUT2D eigenvalue weighted by atomic mass is 9.94. The molecule has 34 heavy (non-hydrogen) atoms. The number of hydrogen-bond donors (Lipinski definition) is 1. The number of piperidine rings is 1. The molecule has 0 aliphatic carbocycles. The van der Waals surface area contributed by atoms with Gasteiger partial charge in [-0.25, -0.2) is 4.57 Å². The van der Waals surface area contributed by atoms with Crippen molar-refractivity contribution in [2.45, 2.75) is 155 Å². The van der Waals surface area contributed by atoms with E-state index >= 15 is 0 Å². The molecule has 1 N–H and O–H groups in total. The minimum Gasteiger partial charge on any atom is -0.320 e. The smallest absolute Gasteiger partial charge is 0.320 e. The summed E-state index contributed by atoms with van der Waals surface area (Å²) in [5.41, 5.74) is 0. The van der Waals surface area contributed by atoms with Crippen LogP contribution in [-0.2, 0) is 13.6 Å². The standard InChI is InChI=1S/C28H58NO4P/c1-5-6-7-8-9-10-11-12-13-14-15-16-17-18-19-20-25-32-34(30,31)33-26-24-29(4)27(2)22-21-23-28(29)3/h27-28H,5-26H2,1-4H3/p+1. The second kappa shape index (κ2) is 19.2. The second-order valence-corrected chi connectivity index (χ2v) is 12.6. The number of likely N-dealkylation sites (N-methyl/N-ethyl adjacent to an activating group) is 1. The van der Waals surface area contributed by atoms with E-state index in [-0.39, 0.29) is 6.61 Å². The molecule has 3 unspecified atom stereocenters. The number of hydrogen-bond acceptors (Lipinski definition) is 3. The van der Waals surface area contributed by atoms with Gasteiger partial charge in [-0.3, -0.25) is 9.05 Å². The first-order chi connectivity index (χ1) is 16.3. The molecule has 5 nitrogen and oxygen atoms in total. The zero-order valence-electron chi connectivity index (χ0n) is 23.3. The van der Waals surface area contributed by atoms with Crippen molar-refractivity contribution in [1.29, 1.82) is 0 Å². The van der Waals surface area contributed by atoms with Gasteiger partial charge in [0.05, 0.1) is 25.7 Å². The Labute approximate surface area is 212 Å². The zero-order valence-corrected chi connectivity index (χ0v) is 24.2. The van der Waals surface area contributed by atoms with Crippen molar-refractivity contribution in [2.24, 2.45) is 0 Å². The summed E-state index contributed by atoms with van der Waals surface area (Å²) in [6.45, 7) is 8.18. The fraction of sp³-hybridized carbons (Fsp3) is 1.00. The van der Waals surface area contributed by atoms with Gasteiger partial charge in [-0.2, -0.15) is 0 Å². The summed E-state index contributed by atoms with van der Waals surface area (Å²) in [6.07, 6.45) is 24.7. The topological polar surface area (TPSA) is 55.8 Å². The van der Waals surface area contributed by atoms with Gasteiger partial charge in [-0.15, -0.1) is 0 Å². The lowest BCUT2D eigenvalue weighted by molar-refractivity contribution is -0.957. The minimum atomic E-state index is -3.93. The maximum atomic E-state index is 12.2. The Balaban J connectivity index is 1.91. The number of nitrogens with zero attached hydrogens (tertiary/aromatic N) is 1. The fourth-order valence-electron chi connectivity index (χ4n) is 5.39. The Morgan fingerprint density at radius 2 is 1.09 bits per heavy atom. The van der Waals surface area contributed by atoms with E-state index in [4.69, 9.17) is 9.05 Å². The van der Waals surface area contributed by atoms with Crippen LogP contribution in [-0.4, -0.2) is 48.3 Å². The molecule has 0 saturated carbocycles. The van der Waals surface area contributed by atoms with Crippen LogP contribution in [0.1, 0.15) is 143 Å². The summed E-state index contributed by atoms with van der Waals surface area (Å²) < 4.78 is 23.6. The molecular weight excluding hydrogens is 445 g/mol. The van der Waals surface area contributed by atoms with E-state index in [1.54, 1.807) is 0 Å². The monoisotopic (exact) mass is 504 g/mol. The van der Waals surface area contributed by atoms with Crippen LogP contribution in [0.2, 0.25) is 0 Å². The second-order valence-electron chi connectivity index (χ2n) is 11.1. The average molecular weight is 505 g/mol. The molecule has 1 heterocycles. The molecule has 0 aromatic heterocycles. The molecule has 0 spiro atoms. The highest BCUT2D eigenvalue weighted by Crippen LogP contribution is 2.43. The Bertz CT molecular complexity index is 521. The van der Waals surface area contributed by atoms with Crippen molar-refractivity contribution in [1.82, 2.24) is 0 Å². The van der Waals surface area contributed by atoms with Crippen molar-refractivity contribution >= 4 is 7.82 Å². The van der Waals surface area contributed by atoms with Gasteiger partial charge in [-0.1, -0.05) is 103 Å². The molecule has 0 amide bonds. The lowest BCUT2D eigenvalue weighted by Crippen LogP contribution is -2.60. The van der Waals surface area contributed by atoms with Crippen LogP contribution in [0.15, 0.2) is 0 Å². The van der Waals surface area contributed by atoms with E-state index in [0.717, 1.165) is 23.9 Å². The summed E-state index contributed by atoms with van der Waals surface area (Å²) in [5, 5.41) is 0. The van der Waals surface area contributed by atoms with Gasteiger partial charge in [0.1, 0.15) is 13.2 Å². The molecule has 0 aromatic rings. The van der Waals surface area contributed by atoms with Crippen molar-refractivity contribution in [3.05, 3.63) is 0 Å². The summed E-state index contributed by atoms with van der Waals surface area (Å²) in [6, 6.07) is 1.13.